The first-order chi connectivity index (χ1) is 13.7. The van der Waals surface area contributed by atoms with E-state index in [1.807, 2.05) is 6.92 Å². The molecule has 0 unspecified atom stereocenters. The number of allylic oxidation sites excluding steroid dienone is 2. The minimum absolute atomic E-state index is 0.00536. The molecule has 1 aromatic heterocycles. The summed E-state index contributed by atoms with van der Waals surface area (Å²) in [6, 6.07) is 5.88. The third-order valence-electron chi connectivity index (χ3n) is 4.19. The van der Waals surface area contributed by atoms with Gasteiger partial charge in [0, 0.05) is 12.7 Å². The molecule has 0 saturated carbocycles. The van der Waals surface area contributed by atoms with Gasteiger partial charge in [0.05, 0.1) is 22.4 Å². The number of nitrogens with zero attached hydrogens (tertiary/aromatic N) is 3. The Morgan fingerprint density at radius 2 is 1.97 bits per heavy atom. The van der Waals surface area contributed by atoms with E-state index >= 15 is 0 Å². The van der Waals surface area contributed by atoms with E-state index in [-0.39, 0.29) is 16.8 Å². The van der Waals surface area contributed by atoms with Gasteiger partial charge in [0.2, 0.25) is 16.0 Å². The number of benzene rings is 1. The average Bonchev–Trinajstić information content (AvgIpc) is 2.77. The maximum Gasteiger partial charge on any atom is 0.260 e. The highest BCUT2D eigenvalue weighted by molar-refractivity contribution is 7.89. The van der Waals surface area contributed by atoms with Crippen molar-refractivity contribution in [3.63, 3.8) is 0 Å². The second-order valence-electron chi connectivity index (χ2n) is 6.14. The van der Waals surface area contributed by atoms with Gasteiger partial charge in [-0.1, -0.05) is 18.7 Å². The lowest BCUT2D eigenvalue weighted by atomic mass is 10.1. The molecule has 1 amide bonds. The number of rotatable bonds is 5. The second kappa shape index (κ2) is 7.86. The molecule has 0 aliphatic carbocycles. The highest BCUT2D eigenvalue weighted by Crippen LogP contribution is 2.31. The summed E-state index contributed by atoms with van der Waals surface area (Å²) in [6.07, 6.45) is 6.58. The van der Waals surface area contributed by atoms with E-state index < -0.39 is 10.0 Å². The summed E-state index contributed by atoms with van der Waals surface area (Å²) in [7, 11) is -2.13. The Balaban J connectivity index is 1.96. The topological polar surface area (TPSA) is 130 Å². The number of carbonyl (C=O) groups is 1. The smallest absolute Gasteiger partial charge is 0.260 e. The Morgan fingerprint density at radius 3 is 2.55 bits per heavy atom. The summed E-state index contributed by atoms with van der Waals surface area (Å²) < 4.78 is 22.7. The molecular weight excluding hydrogens is 392 g/mol. The molecule has 0 atom stereocenters. The summed E-state index contributed by atoms with van der Waals surface area (Å²) in [5.74, 6) is 0.467. The van der Waals surface area contributed by atoms with Gasteiger partial charge in [-0.15, -0.1) is 0 Å². The largest absolute Gasteiger partial charge is 0.338 e. The fourth-order valence-corrected chi connectivity index (χ4v) is 3.24. The van der Waals surface area contributed by atoms with Crippen LogP contribution < -0.4 is 20.7 Å². The summed E-state index contributed by atoms with van der Waals surface area (Å²) in [5.41, 5.74) is 2.06. The number of carbonyl (C=O) groups excluding carboxylic acids is 1. The van der Waals surface area contributed by atoms with Crippen LogP contribution >= 0.6 is 0 Å². The fraction of sp³-hybridized carbons (Fsp3) is 0.105. The summed E-state index contributed by atoms with van der Waals surface area (Å²) in [4.78, 5) is 22.9. The van der Waals surface area contributed by atoms with E-state index in [1.54, 1.807) is 31.3 Å². The Morgan fingerprint density at radius 1 is 1.28 bits per heavy atom. The van der Waals surface area contributed by atoms with Crippen LogP contribution in [-0.4, -0.2) is 31.3 Å². The van der Waals surface area contributed by atoms with Gasteiger partial charge in [0.25, 0.3) is 5.91 Å². The number of aromatic nitrogens is 2. The zero-order valence-electron chi connectivity index (χ0n) is 15.9. The number of hydrogen-bond acceptors (Lipinski definition) is 7. The van der Waals surface area contributed by atoms with Crippen LogP contribution in [0.1, 0.15) is 6.92 Å². The number of fused-ring (bicyclic) bond motifs is 1. The first-order valence-corrected chi connectivity index (χ1v) is 10.1. The van der Waals surface area contributed by atoms with Crippen molar-refractivity contribution < 1.29 is 13.2 Å². The van der Waals surface area contributed by atoms with Gasteiger partial charge in [0.1, 0.15) is 5.69 Å². The molecule has 3 rings (SSSR count). The molecule has 0 spiro atoms. The van der Waals surface area contributed by atoms with Crippen molar-refractivity contribution in [2.24, 2.45) is 5.14 Å². The zero-order valence-corrected chi connectivity index (χ0v) is 16.7. The quantitative estimate of drug-likeness (QED) is 0.687. The van der Waals surface area contributed by atoms with E-state index in [2.05, 4.69) is 27.2 Å². The van der Waals surface area contributed by atoms with E-state index in [1.165, 1.54) is 29.3 Å². The van der Waals surface area contributed by atoms with Gasteiger partial charge in [-0.2, -0.15) is 4.98 Å². The molecular formula is C19H20N6O3S. The SMILES string of the molecule is C=CC1=C(/C=C\C)Nc2nc(Nc3ccc(S(N)(=O)=O)cc3)ncc2N(C)C1=O. The van der Waals surface area contributed by atoms with E-state index in [4.69, 9.17) is 5.14 Å². The summed E-state index contributed by atoms with van der Waals surface area (Å²) in [5, 5.41) is 11.3. The van der Waals surface area contributed by atoms with Crippen LogP contribution in [0.3, 0.4) is 0 Å². The predicted octanol–water partition coefficient (Wildman–Crippen LogP) is 2.27. The Bertz CT molecular complexity index is 1140. The van der Waals surface area contributed by atoms with E-state index in [0.717, 1.165) is 0 Å². The zero-order chi connectivity index (χ0) is 21.2. The molecule has 0 saturated heterocycles. The molecule has 0 radical (unpaired) electrons. The average molecular weight is 412 g/mol. The Kier molecular flexibility index (Phi) is 5.48. The van der Waals surface area contributed by atoms with Crippen LogP contribution in [0.15, 0.2) is 71.4 Å². The molecule has 10 heteroatoms. The minimum Gasteiger partial charge on any atom is -0.338 e. The number of sulfonamides is 1. The number of primary sulfonamides is 1. The lowest BCUT2D eigenvalue weighted by Gasteiger charge is -2.17. The number of anilines is 4. The number of nitrogens with two attached hydrogens (primary N) is 1. The monoisotopic (exact) mass is 412 g/mol. The Hall–Kier alpha value is -3.50. The molecule has 150 valence electrons. The third kappa shape index (κ3) is 4.18. The van der Waals surface area contributed by atoms with Crippen LogP contribution in [0.5, 0.6) is 0 Å². The Labute approximate surface area is 168 Å². The highest BCUT2D eigenvalue weighted by atomic mass is 32.2. The molecule has 9 nitrogen and oxygen atoms in total. The standard InChI is InChI=1S/C19H20N6O3S/c1-4-6-15-14(5-2)18(26)25(3)16-11-21-19(24-17(16)23-15)22-12-7-9-13(10-8-12)29(20,27)28/h4-11H,2H2,1,3H3,(H2,20,27,28)(H2,21,22,23,24)/b6-4-. The lowest BCUT2D eigenvalue weighted by molar-refractivity contribution is -0.114. The van der Waals surface area contributed by atoms with Gasteiger partial charge >= 0.3 is 0 Å². The molecule has 1 aromatic carbocycles. The van der Waals surface area contributed by atoms with Crippen LogP contribution in [-0.2, 0) is 14.8 Å². The molecule has 29 heavy (non-hydrogen) atoms. The van der Waals surface area contributed by atoms with Gasteiger partial charge < -0.3 is 15.5 Å². The van der Waals surface area contributed by atoms with E-state index in [0.29, 0.717) is 28.5 Å². The first kappa shape index (κ1) is 20.2. The molecule has 0 bridgehead atoms. The van der Waals surface area contributed by atoms with Gasteiger partial charge in [-0.25, -0.2) is 18.5 Å². The molecule has 1 aliphatic rings. The maximum absolute atomic E-state index is 12.7. The first-order valence-electron chi connectivity index (χ1n) is 8.56. The van der Waals surface area contributed by atoms with Crippen LogP contribution in [0.25, 0.3) is 0 Å². The summed E-state index contributed by atoms with van der Waals surface area (Å²) >= 11 is 0. The number of hydrogen-bond donors (Lipinski definition) is 3. The number of amides is 1. The van der Waals surface area contributed by atoms with Crippen molar-refractivity contribution in [2.75, 3.05) is 22.6 Å². The van der Waals surface area contributed by atoms with Crippen molar-refractivity contribution in [3.8, 4) is 0 Å². The van der Waals surface area contributed by atoms with Gasteiger partial charge in [-0.3, -0.25) is 4.79 Å². The van der Waals surface area contributed by atoms with Crippen LogP contribution in [0.4, 0.5) is 23.1 Å². The molecule has 2 heterocycles. The van der Waals surface area contributed by atoms with Crippen molar-refractivity contribution >= 4 is 39.1 Å². The minimum atomic E-state index is -3.77. The molecule has 1 aliphatic heterocycles. The van der Waals surface area contributed by atoms with Crippen LogP contribution in [0, 0.1) is 0 Å². The van der Waals surface area contributed by atoms with Crippen LogP contribution in [0.2, 0.25) is 0 Å². The third-order valence-corrected chi connectivity index (χ3v) is 5.11. The molecule has 4 N–H and O–H groups in total. The van der Waals surface area contributed by atoms with Crippen molar-refractivity contribution in [1.29, 1.82) is 0 Å². The highest BCUT2D eigenvalue weighted by Gasteiger charge is 2.25. The number of likely N-dealkylation sites (N-methyl/N-ethyl adjacent to an activating group) is 1. The summed E-state index contributed by atoms with van der Waals surface area (Å²) in [6.45, 7) is 5.57. The fourth-order valence-electron chi connectivity index (χ4n) is 2.73. The van der Waals surface area contributed by atoms with Crippen molar-refractivity contribution in [3.05, 3.63) is 66.5 Å². The normalized spacial score (nSPS) is 14.4. The second-order valence-corrected chi connectivity index (χ2v) is 7.70. The molecule has 2 aromatic rings. The van der Waals surface area contributed by atoms with E-state index in [9.17, 15) is 13.2 Å². The van der Waals surface area contributed by atoms with Gasteiger partial charge in [0.15, 0.2) is 5.82 Å². The van der Waals surface area contributed by atoms with Crippen molar-refractivity contribution in [1.82, 2.24) is 9.97 Å². The maximum atomic E-state index is 12.7. The molecule has 0 fully saturated rings. The van der Waals surface area contributed by atoms with Crippen molar-refractivity contribution in [2.45, 2.75) is 11.8 Å². The lowest BCUT2D eigenvalue weighted by Crippen LogP contribution is -2.27. The predicted molar refractivity (Wildman–Crippen MR) is 112 cm³/mol. The number of nitrogens with one attached hydrogen (secondary N) is 2. The van der Waals surface area contributed by atoms with Gasteiger partial charge in [-0.05, 0) is 37.3 Å².